The van der Waals surface area contributed by atoms with Crippen molar-refractivity contribution in [1.29, 1.82) is 0 Å². The van der Waals surface area contributed by atoms with Gasteiger partial charge >= 0.3 is 0 Å². The molecule has 0 aromatic carbocycles. The molecule has 18 heavy (non-hydrogen) atoms. The van der Waals surface area contributed by atoms with E-state index in [1.807, 2.05) is 17.9 Å². The highest BCUT2D eigenvalue weighted by molar-refractivity contribution is 7.05. The molecule has 2 fully saturated rings. The number of aryl methyl sites for hydroxylation is 1. The van der Waals surface area contributed by atoms with E-state index in [0.717, 1.165) is 24.5 Å². The van der Waals surface area contributed by atoms with E-state index in [2.05, 4.69) is 16.3 Å². The number of aromatic nitrogens is 1. The molecular formula is C13H19N3OS. The summed E-state index contributed by atoms with van der Waals surface area (Å²) in [6, 6.07) is 1.90. The highest BCUT2D eigenvalue weighted by Gasteiger charge is 2.38. The first-order chi connectivity index (χ1) is 8.63. The number of nitrogens with zero attached hydrogens (tertiary/aromatic N) is 3. The third kappa shape index (κ3) is 2.17. The number of hydrogen-bond donors (Lipinski definition) is 0. The van der Waals surface area contributed by atoms with Crippen LogP contribution in [0.3, 0.4) is 0 Å². The minimum absolute atomic E-state index is 0.122. The molecule has 2 aliphatic heterocycles. The zero-order valence-electron chi connectivity index (χ0n) is 10.9. The first-order valence-electron chi connectivity index (χ1n) is 6.54. The van der Waals surface area contributed by atoms with Gasteiger partial charge < -0.3 is 9.80 Å². The number of amides is 1. The van der Waals surface area contributed by atoms with Crippen LogP contribution in [0.5, 0.6) is 0 Å². The first-order valence-corrected chi connectivity index (χ1v) is 7.32. The molecule has 4 nitrogen and oxygen atoms in total. The molecule has 0 saturated carbocycles. The summed E-state index contributed by atoms with van der Waals surface area (Å²) >= 11 is 1.41. The standard InChI is InChI=1S/C13H19N3OS/c1-9-5-12(14-18-9)13(17)16-7-10-3-4-15(2)6-11(10)8-16/h5,10-11H,3-4,6-8H2,1-2H3/t10-,11+/m1/s1. The lowest BCUT2D eigenvalue weighted by atomic mass is 9.89. The van der Waals surface area contributed by atoms with Crippen molar-refractivity contribution < 1.29 is 4.79 Å². The van der Waals surface area contributed by atoms with Crippen LogP contribution in [0.1, 0.15) is 21.8 Å². The van der Waals surface area contributed by atoms with E-state index in [1.165, 1.54) is 24.5 Å². The topological polar surface area (TPSA) is 36.4 Å². The van der Waals surface area contributed by atoms with Crippen LogP contribution >= 0.6 is 11.5 Å². The molecule has 0 radical (unpaired) electrons. The summed E-state index contributed by atoms with van der Waals surface area (Å²) in [4.78, 5) is 17.8. The van der Waals surface area contributed by atoms with Crippen molar-refractivity contribution in [1.82, 2.24) is 14.2 Å². The molecule has 2 aliphatic rings. The van der Waals surface area contributed by atoms with Crippen LogP contribution in [0.2, 0.25) is 0 Å². The van der Waals surface area contributed by atoms with Crippen molar-refractivity contribution in [2.24, 2.45) is 11.8 Å². The maximum atomic E-state index is 12.3. The molecule has 0 spiro atoms. The van der Waals surface area contributed by atoms with Crippen LogP contribution in [0.15, 0.2) is 6.07 Å². The lowest BCUT2D eigenvalue weighted by Gasteiger charge is -2.31. The molecule has 1 aromatic rings. The summed E-state index contributed by atoms with van der Waals surface area (Å²) in [5.74, 6) is 1.48. The average molecular weight is 265 g/mol. The second-order valence-corrected chi connectivity index (χ2v) is 6.61. The third-order valence-electron chi connectivity index (χ3n) is 4.14. The number of piperidine rings is 1. The summed E-state index contributed by atoms with van der Waals surface area (Å²) < 4.78 is 4.23. The van der Waals surface area contributed by atoms with Crippen LogP contribution in [-0.2, 0) is 0 Å². The molecule has 0 bridgehead atoms. The monoisotopic (exact) mass is 265 g/mol. The van der Waals surface area contributed by atoms with Gasteiger partial charge in [0.05, 0.1) is 0 Å². The molecule has 5 heteroatoms. The van der Waals surface area contributed by atoms with E-state index in [-0.39, 0.29) is 5.91 Å². The Labute approximate surface area is 112 Å². The van der Waals surface area contributed by atoms with Crippen molar-refractivity contribution in [2.45, 2.75) is 13.3 Å². The Morgan fingerprint density at radius 3 is 2.89 bits per heavy atom. The van der Waals surface area contributed by atoms with E-state index in [4.69, 9.17) is 0 Å². The third-order valence-corrected chi connectivity index (χ3v) is 4.83. The lowest BCUT2D eigenvalue weighted by Crippen LogP contribution is -2.37. The molecule has 0 aliphatic carbocycles. The number of carbonyl (C=O) groups is 1. The van der Waals surface area contributed by atoms with E-state index >= 15 is 0 Å². The van der Waals surface area contributed by atoms with Gasteiger partial charge in [-0.1, -0.05) is 0 Å². The van der Waals surface area contributed by atoms with Crippen molar-refractivity contribution >= 4 is 17.4 Å². The quantitative estimate of drug-likeness (QED) is 0.771. The molecular weight excluding hydrogens is 246 g/mol. The Balaban J connectivity index is 1.70. The molecule has 1 amide bonds. The van der Waals surface area contributed by atoms with E-state index in [1.54, 1.807) is 0 Å². The van der Waals surface area contributed by atoms with Gasteiger partial charge in [0.1, 0.15) is 5.69 Å². The highest BCUT2D eigenvalue weighted by atomic mass is 32.1. The van der Waals surface area contributed by atoms with Crippen LogP contribution in [0, 0.1) is 18.8 Å². The Kier molecular flexibility index (Phi) is 3.11. The second kappa shape index (κ2) is 4.63. The molecule has 0 unspecified atom stereocenters. The molecule has 2 atom stereocenters. The minimum atomic E-state index is 0.122. The zero-order valence-corrected chi connectivity index (χ0v) is 11.7. The molecule has 98 valence electrons. The molecule has 1 aromatic heterocycles. The molecule has 0 N–H and O–H groups in total. The van der Waals surface area contributed by atoms with E-state index < -0.39 is 0 Å². The van der Waals surface area contributed by atoms with E-state index in [9.17, 15) is 4.79 Å². The largest absolute Gasteiger partial charge is 0.337 e. The predicted molar refractivity (Wildman–Crippen MR) is 71.8 cm³/mol. The summed E-state index contributed by atoms with van der Waals surface area (Å²) in [6.07, 6.45) is 1.22. The predicted octanol–water partition coefficient (Wildman–Crippen LogP) is 1.48. The Bertz CT molecular complexity index is 459. The number of carbonyl (C=O) groups excluding carboxylic acids is 1. The van der Waals surface area contributed by atoms with Gasteiger partial charge in [0.25, 0.3) is 5.91 Å². The van der Waals surface area contributed by atoms with Crippen LogP contribution < -0.4 is 0 Å². The zero-order chi connectivity index (χ0) is 12.7. The summed E-state index contributed by atoms with van der Waals surface area (Å²) in [5.41, 5.74) is 0.629. The Morgan fingerprint density at radius 2 is 2.17 bits per heavy atom. The maximum absolute atomic E-state index is 12.3. The van der Waals surface area contributed by atoms with Gasteiger partial charge in [-0.25, -0.2) is 0 Å². The summed E-state index contributed by atoms with van der Waals surface area (Å²) in [6.45, 7) is 6.12. The smallest absolute Gasteiger partial charge is 0.273 e. The van der Waals surface area contributed by atoms with Crippen LogP contribution in [0.4, 0.5) is 0 Å². The second-order valence-electron chi connectivity index (χ2n) is 5.60. The summed E-state index contributed by atoms with van der Waals surface area (Å²) in [5, 5.41) is 0. The van der Waals surface area contributed by atoms with Crippen LogP contribution in [0.25, 0.3) is 0 Å². The fraction of sp³-hybridized carbons (Fsp3) is 0.692. The van der Waals surface area contributed by atoms with Crippen molar-refractivity contribution in [3.8, 4) is 0 Å². The lowest BCUT2D eigenvalue weighted by molar-refractivity contribution is 0.0779. The number of likely N-dealkylation sites (tertiary alicyclic amines) is 2. The fourth-order valence-electron chi connectivity index (χ4n) is 3.15. The average Bonchev–Trinajstić information content (AvgIpc) is 2.93. The number of hydrogen-bond acceptors (Lipinski definition) is 4. The van der Waals surface area contributed by atoms with Crippen LogP contribution in [-0.4, -0.2) is 53.3 Å². The van der Waals surface area contributed by atoms with Gasteiger partial charge in [-0.2, -0.15) is 4.37 Å². The molecule has 3 heterocycles. The van der Waals surface area contributed by atoms with Crippen molar-refractivity contribution in [2.75, 3.05) is 33.2 Å². The van der Waals surface area contributed by atoms with Crippen molar-refractivity contribution in [3.05, 3.63) is 16.6 Å². The van der Waals surface area contributed by atoms with Gasteiger partial charge in [0.15, 0.2) is 0 Å². The van der Waals surface area contributed by atoms with Gasteiger partial charge in [-0.15, -0.1) is 0 Å². The Morgan fingerprint density at radius 1 is 1.39 bits per heavy atom. The normalized spacial score (nSPS) is 28.4. The SMILES string of the molecule is Cc1cc(C(=O)N2C[C@H]3CCN(C)C[C@H]3C2)ns1. The van der Waals surface area contributed by atoms with Gasteiger partial charge in [0.2, 0.25) is 0 Å². The number of rotatable bonds is 1. The first kappa shape index (κ1) is 12.1. The van der Waals surface area contributed by atoms with Gasteiger partial charge in [-0.05, 0) is 56.4 Å². The highest BCUT2D eigenvalue weighted by Crippen LogP contribution is 2.31. The van der Waals surface area contributed by atoms with E-state index in [0.29, 0.717) is 17.5 Å². The molecule has 2 saturated heterocycles. The summed E-state index contributed by atoms with van der Waals surface area (Å²) in [7, 11) is 2.17. The minimum Gasteiger partial charge on any atom is -0.337 e. The molecule has 3 rings (SSSR count). The Hall–Kier alpha value is -0.940. The van der Waals surface area contributed by atoms with Gasteiger partial charge in [-0.3, -0.25) is 4.79 Å². The number of fused-ring (bicyclic) bond motifs is 1. The maximum Gasteiger partial charge on any atom is 0.273 e. The van der Waals surface area contributed by atoms with Gasteiger partial charge in [0, 0.05) is 24.5 Å². The van der Waals surface area contributed by atoms with Crippen molar-refractivity contribution in [3.63, 3.8) is 0 Å². The fourth-order valence-corrected chi connectivity index (χ4v) is 3.68.